The minimum Gasteiger partial charge on any atom is -0.208 e. The first-order valence-corrected chi connectivity index (χ1v) is 16.6. The van der Waals surface area contributed by atoms with Crippen LogP contribution in [0.15, 0.2) is 188 Å². The van der Waals surface area contributed by atoms with Gasteiger partial charge in [0.25, 0.3) is 0 Å². The molecule has 1 heterocycles. The molecule has 0 amide bonds. The molecule has 0 unspecified atom stereocenters. The lowest BCUT2D eigenvalue weighted by Crippen LogP contribution is -2.28. The Hall–Kier alpha value is -6.45. The summed E-state index contributed by atoms with van der Waals surface area (Å²) in [6.07, 6.45) is 0. The van der Waals surface area contributed by atoms with Crippen molar-refractivity contribution in [1.82, 2.24) is 15.0 Å². The van der Waals surface area contributed by atoms with Crippen molar-refractivity contribution >= 4 is 0 Å². The van der Waals surface area contributed by atoms with E-state index in [1.807, 2.05) is 60.7 Å². The Kier molecular flexibility index (Phi) is 7.02. The second kappa shape index (κ2) is 12.0. The van der Waals surface area contributed by atoms with Gasteiger partial charge in [-0.3, -0.25) is 0 Å². The molecular weight excluding hydrogens is 595 g/mol. The third-order valence-corrected chi connectivity index (χ3v) is 9.64. The van der Waals surface area contributed by atoms with Crippen molar-refractivity contribution in [1.29, 1.82) is 0 Å². The largest absolute Gasteiger partial charge is 0.208 e. The van der Waals surface area contributed by atoms with Gasteiger partial charge < -0.3 is 0 Å². The van der Waals surface area contributed by atoms with E-state index in [0.717, 1.165) is 27.8 Å². The van der Waals surface area contributed by atoms with E-state index in [4.69, 9.17) is 15.0 Å². The number of aromatic nitrogens is 3. The molecule has 0 fully saturated rings. The minimum absolute atomic E-state index is 0.435. The van der Waals surface area contributed by atoms with Crippen molar-refractivity contribution in [2.45, 2.75) is 5.41 Å². The third kappa shape index (κ3) is 4.78. The van der Waals surface area contributed by atoms with E-state index in [2.05, 4.69) is 127 Å². The van der Waals surface area contributed by atoms with Crippen molar-refractivity contribution in [3.63, 3.8) is 0 Å². The molecule has 49 heavy (non-hydrogen) atoms. The van der Waals surface area contributed by atoms with E-state index in [0.29, 0.717) is 17.5 Å². The Bertz CT molecular complexity index is 2320. The van der Waals surface area contributed by atoms with Crippen LogP contribution in [-0.2, 0) is 5.41 Å². The van der Waals surface area contributed by atoms with E-state index in [-0.39, 0.29) is 0 Å². The summed E-state index contributed by atoms with van der Waals surface area (Å²) in [4.78, 5) is 15.1. The quantitative estimate of drug-likeness (QED) is 0.185. The van der Waals surface area contributed by atoms with Gasteiger partial charge in [-0.05, 0) is 50.6 Å². The molecule has 0 N–H and O–H groups in total. The molecule has 0 radical (unpaired) electrons. The van der Waals surface area contributed by atoms with Crippen LogP contribution in [0.4, 0.5) is 0 Å². The molecule has 7 aromatic carbocycles. The van der Waals surface area contributed by atoms with Crippen molar-refractivity contribution in [3.8, 4) is 56.4 Å². The predicted molar refractivity (Wildman–Crippen MR) is 199 cm³/mol. The van der Waals surface area contributed by atoms with Gasteiger partial charge in [0.05, 0.1) is 5.41 Å². The van der Waals surface area contributed by atoms with Gasteiger partial charge in [0.15, 0.2) is 17.5 Å². The standard InChI is InChI=1S/C46H31N3/c1-5-17-32(18-6-1)43-47-44(33-19-7-2-8-20-33)49-45(48-43)39-27-14-13-25-37(39)34-29-30-42-40(31-34)38-26-15-16-28-41(38)46(42,35-21-9-3-10-22-35)36-23-11-4-12-24-36/h1-31H. The van der Waals surface area contributed by atoms with Crippen molar-refractivity contribution < 1.29 is 0 Å². The van der Waals surface area contributed by atoms with Crippen LogP contribution in [0.3, 0.4) is 0 Å². The molecular formula is C46H31N3. The Morgan fingerprint density at radius 3 is 1.29 bits per heavy atom. The molecule has 0 saturated heterocycles. The van der Waals surface area contributed by atoms with Crippen LogP contribution in [0.1, 0.15) is 22.3 Å². The van der Waals surface area contributed by atoms with Gasteiger partial charge in [-0.2, -0.15) is 0 Å². The molecule has 0 saturated carbocycles. The van der Waals surface area contributed by atoms with E-state index < -0.39 is 5.41 Å². The summed E-state index contributed by atoms with van der Waals surface area (Å²) in [7, 11) is 0. The first-order valence-electron chi connectivity index (χ1n) is 16.6. The molecule has 9 rings (SSSR count). The molecule has 0 aliphatic heterocycles. The van der Waals surface area contributed by atoms with Gasteiger partial charge in [-0.25, -0.2) is 15.0 Å². The molecule has 0 atom stereocenters. The Morgan fingerprint density at radius 1 is 0.286 bits per heavy atom. The summed E-state index contributed by atoms with van der Waals surface area (Å²) < 4.78 is 0. The average molecular weight is 626 g/mol. The number of hydrogen-bond acceptors (Lipinski definition) is 3. The van der Waals surface area contributed by atoms with Crippen LogP contribution in [0.25, 0.3) is 56.4 Å². The second-order valence-electron chi connectivity index (χ2n) is 12.4. The predicted octanol–water partition coefficient (Wildman–Crippen LogP) is 10.9. The zero-order valence-corrected chi connectivity index (χ0v) is 26.7. The second-order valence-corrected chi connectivity index (χ2v) is 12.4. The van der Waals surface area contributed by atoms with Gasteiger partial charge in [-0.15, -0.1) is 0 Å². The molecule has 8 aromatic rings. The van der Waals surface area contributed by atoms with Crippen LogP contribution in [-0.4, -0.2) is 15.0 Å². The van der Waals surface area contributed by atoms with Crippen LogP contribution >= 0.6 is 0 Å². The monoisotopic (exact) mass is 625 g/mol. The van der Waals surface area contributed by atoms with Crippen LogP contribution < -0.4 is 0 Å². The van der Waals surface area contributed by atoms with Gasteiger partial charge >= 0.3 is 0 Å². The number of nitrogens with zero attached hydrogens (tertiary/aromatic N) is 3. The van der Waals surface area contributed by atoms with E-state index in [1.54, 1.807) is 0 Å². The number of benzene rings is 7. The molecule has 0 bridgehead atoms. The summed E-state index contributed by atoms with van der Waals surface area (Å²) in [5.41, 5.74) is 12.2. The average Bonchev–Trinajstić information content (AvgIpc) is 3.49. The zero-order chi connectivity index (χ0) is 32.6. The number of rotatable bonds is 6. The SMILES string of the molecule is c1ccc(-c2nc(-c3ccccc3)nc(-c3ccccc3-c3ccc4c(c3)-c3ccccc3C4(c3ccccc3)c3ccccc3)n2)cc1. The molecule has 3 heteroatoms. The summed E-state index contributed by atoms with van der Waals surface area (Å²) in [5, 5.41) is 0. The van der Waals surface area contributed by atoms with Crippen molar-refractivity contribution in [3.05, 3.63) is 210 Å². The summed E-state index contributed by atoms with van der Waals surface area (Å²) >= 11 is 0. The molecule has 230 valence electrons. The first-order chi connectivity index (χ1) is 24.3. The molecule has 1 aliphatic carbocycles. The van der Waals surface area contributed by atoms with E-state index in [1.165, 1.54) is 33.4 Å². The lowest BCUT2D eigenvalue weighted by Gasteiger charge is -2.33. The first kappa shape index (κ1) is 28.7. The van der Waals surface area contributed by atoms with Crippen molar-refractivity contribution in [2.75, 3.05) is 0 Å². The van der Waals surface area contributed by atoms with E-state index >= 15 is 0 Å². The van der Waals surface area contributed by atoms with Gasteiger partial charge in [0.1, 0.15) is 0 Å². The minimum atomic E-state index is -0.435. The molecule has 0 spiro atoms. The number of hydrogen-bond donors (Lipinski definition) is 0. The summed E-state index contributed by atoms with van der Waals surface area (Å²) in [6, 6.07) is 66.4. The normalized spacial score (nSPS) is 12.7. The summed E-state index contributed by atoms with van der Waals surface area (Å²) in [5.74, 6) is 1.95. The van der Waals surface area contributed by atoms with E-state index in [9.17, 15) is 0 Å². The van der Waals surface area contributed by atoms with Gasteiger partial charge in [0.2, 0.25) is 0 Å². The lowest BCUT2D eigenvalue weighted by molar-refractivity contribution is 0.768. The third-order valence-electron chi connectivity index (χ3n) is 9.64. The Balaban J connectivity index is 1.26. The number of fused-ring (bicyclic) bond motifs is 3. The topological polar surface area (TPSA) is 38.7 Å². The van der Waals surface area contributed by atoms with Gasteiger partial charge in [0, 0.05) is 16.7 Å². The smallest absolute Gasteiger partial charge is 0.164 e. The maximum absolute atomic E-state index is 5.07. The van der Waals surface area contributed by atoms with Crippen LogP contribution in [0.5, 0.6) is 0 Å². The lowest BCUT2D eigenvalue weighted by atomic mass is 9.67. The Morgan fingerprint density at radius 2 is 0.714 bits per heavy atom. The van der Waals surface area contributed by atoms with Crippen LogP contribution in [0, 0.1) is 0 Å². The fraction of sp³-hybridized carbons (Fsp3) is 0.0217. The summed E-state index contributed by atoms with van der Waals surface area (Å²) in [6.45, 7) is 0. The zero-order valence-electron chi connectivity index (χ0n) is 26.7. The molecule has 1 aliphatic rings. The molecule has 1 aromatic heterocycles. The van der Waals surface area contributed by atoms with Gasteiger partial charge in [-0.1, -0.05) is 182 Å². The van der Waals surface area contributed by atoms with Crippen molar-refractivity contribution in [2.24, 2.45) is 0 Å². The Labute approximate surface area is 286 Å². The molecule has 3 nitrogen and oxygen atoms in total. The highest BCUT2D eigenvalue weighted by molar-refractivity contribution is 5.91. The maximum Gasteiger partial charge on any atom is 0.164 e. The highest BCUT2D eigenvalue weighted by atomic mass is 15.0. The highest BCUT2D eigenvalue weighted by Crippen LogP contribution is 2.56. The maximum atomic E-state index is 5.07. The highest BCUT2D eigenvalue weighted by Gasteiger charge is 2.45. The van der Waals surface area contributed by atoms with Crippen LogP contribution in [0.2, 0.25) is 0 Å². The fourth-order valence-electron chi connectivity index (χ4n) is 7.48. The fourth-order valence-corrected chi connectivity index (χ4v) is 7.48.